The number of likely N-dealkylation sites (tertiary alicyclic amines) is 2. The third kappa shape index (κ3) is 5.71. The van der Waals surface area contributed by atoms with Crippen molar-refractivity contribution in [3.05, 3.63) is 35.4 Å². The Labute approximate surface area is 173 Å². The van der Waals surface area contributed by atoms with Crippen LogP contribution in [0.2, 0.25) is 0 Å². The highest BCUT2D eigenvalue weighted by Crippen LogP contribution is 2.21. The maximum absolute atomic E-state index is 12.0. The number of hydrogen-bond donors (Lipinski definition) is 2. The lowest BCUT2D eigenvalue weighted by molar-refractivity contribution is -0.128. The third-order valence-electron chi connectivity index (χ3n) is 5.97. The molecule has 0 bridgehead atoms. The number of hydrogen-bond acceptors (Lipinski definition) is 3. The van der Waals surface area contributed by atoms with Crippen LogP contribution in [0.1, 0.15) is 43.2 Å². The normalized spacial score (nSPS) is 18.3. The van der Waals surface area contributed by atoms with Crippen LogP contribution >= 0.6 is 0 Å². The van der Waals surface area contributed by atoms with Crippen LogP contribution in [0.3, 0.4) is 0 Å². The van der Waals surface area contributed by atoms with E-state index in [4.69, 9.17) is 0 Å². The fourth-order valence-corrected chi connectivity index (χ4v) is 4.18. The van der Waals surface area contributed by atoms with Gasteiger partial charge in [-0.15, -0.1) is 0 Å². The third-order valence-corrected chi connectivity index (χ3v) is 5.97. The minimum absolute atomic E-state index is 0.124. The molecule has 2 fully saturated rings. The number of aliphatic imine (C=N–C) groups is 1. The summed E-state index contributed by atoms with van der Waals surface area (Å²) in [6, 6.07) is 8.30. The average Bonchev–Trinajstić information content (AvgIpc) is 3.15. The van der Waals surface area contributed by atoms with Gasteiger partial charge in [-0.25, -0.2) is 0 Å². The Balaban J connectivity index is 1.54. The Kier molecular flexibility index (Phi) is 7.49. The van der Waals surface area contributed by atoms with Crippen molar-refractivity contribution in [2.75, 3.05) is 33.7 Å². The summed E-state index contributed by atoms with van der Waals surface area (Å²) in [5.74, 6) is 1.72. The monoisotopic (exact) mass is 399 g/mol. The van der Waals surface area contributed by atoms with Crippen molar-refractivity contribution in [3.63, 3.8) is 0 Å². The van der Waals surface area contributed by atoms with Crippen molar-refractivity contribution >= 4 is 17.8 Å². The molecular formula is C22H33N5O2. The molecule has 3 rings (SSSR count). The summed E-state index contributed by atoms with van der Waals surface area (Å²) >= 11 is 0. The molecule has 158 valence electrons. The maximum Gasteiger partial charge on any atom is 0.222 e. The lowest BCUT2D eigenvalue weighted by atomic mass is 9.93. The number of guanidine groups is 1. The molecule has 0 aromatic heterocycles. The topological polar surface area (TPSA) is 77.0 Å². The molecular weight excluding hydrogens is 366 g/mol. The van der Waals surface area contributed by atoms with Crippen LogP contribution in [-0.4, -0.2) is 61.3 Å². The molecule has 2 amide bonds. The number of piperidine rings is 1. The second kappa shape index (κ2) is 10.3. The summed E-state index contributed by atoms with van der Waals surface area (Å²) in [6.07, 6.45) is 4.24. The molecule has 2 saturated heterocycles. The van der Waals surface area contributed by atoms with Crippen LogP contribution in [0.5, 0.6) is 0 Å². The van der Waals surface area contributed by atoms with Crippen LogP contribution in [0.15, 0.2) is 29.3 Å². The van der Waals surface area contributed by atoms with Gasteiger partial charge in [0.05, 0.1) is 0 Å². The zero-order chi connectivity index (χ0) is 20.6. The molecule has 0 aliphatic carbocycles. The number of carbonyl (C=O) groups excluding carboxylic acids is 2. The zero-order valence-electron chi connectivity index (χ0n) is 17.6. The van der Waals surface area contributed by atoms with Crippen molar-refractivity contribution in [2.24, 2.45) is 10.9 Å². The molecule has 2 aliphatic rings. The van der Waals surface area contributed by atoms with Crippen molar-refractivity contribution in [1.82, 2.24) is 20.4 Å². The molecule has 0 saturated carbocycles. The fourth-order valence-electron chi connectivity index (χ4n) is 4.18. The van der Waals surface area contributed by atoms with Gasteiger partial charge in [-0.2, -0.15) is 0 Å². The Hall–Kier alpha value is -2.57. The van der Waals surface area contributed by atoms with E-state index in [1.165, 1.54) is 11.1 Å². The predicted octanol–water partition coefficient (Wildman–Crippen LogP) is 1.73. The molecule has 7 nitrogen and oxygen atoms in total. The van der Waals surface area contributed by atoms with E-state index in [0.717, 1.165) is 44.9 Å². The van der Waals surface area contributed by atoms with Crippen LogP contribution in [0, 0.1) is 5.92 Å². The van der Waals surface area contributed by atoms with Gasteiger partial charge in [-0.3, -0.25) is 14.6 Å². The van der Waals surface area contributed by atoms with E-state index in [-0.39, 0.29) is 11.8 Å². The first-order chi connectivity index (χ1) is 14.1. The lowest BCUT2D eigenvalue weighted by Crippen LogP contribution is -2.45. The van der Waals surface area contributed by atoms with Gasteiger partial charge in [0.1, 0.15) is 0 Å². The predicted molar refractivity (Wildman–Crippen MR) is 114 cm³/mol. The van der Waals surface area contributed by atoms with E-state index in [1.807, 2.05) is 24.1 Å². The first kappa shape index (κ1) is 21.1. The van der Waals surface area contributed by atoms with E-state index in [9.17, 15) is 9.59 Å². The Bertz CT molecular complexity index is 740. The van der Waals surface area contributed by atoms with Crippen molar-refractivity contribution < 1.29 is 9.59 Å². The van der Waals surface area contributed by atoms with E-state index in [2.05, 4.69) is 32.7 Å². The van der Waals surface area contributed by atoms with E-state index in [0.29, 0.717) is 31.8 Å². The number of rotatable bonds is 6. The van der Waals surface area contributed by atoms with Crippen molar-refractivity contribution in [2.45, 2.75) is 45.2 Å². The molecule has 0 atom stereocenters. The van der Waals surface area contributed by atoms with Gasteiger partial charge in [-0.1, -0.05) is 24.3 Å². The number of benzene rings is 1. The smallest absolute Gasteiger partial charge is 0.222 e. The number of nitrogens with one attached hydrogen (secondary N) is 2. The largest absolute Gasteiger partial charge is 0.359 e. The van der Waals surface area contributed by atoms with Crippen LogP contribution in [0.25, 0.3) is 0 Å². The maximum atomic E-state index is 12.0. The fraction of sp³-hybridized carbons (Fsp3) is 0.591. The minimum atomic E-state index is 0.124. The van der Waals surface area contributed by atoms with Crippen LogP contribution in [0.4, 0.5) is 0 Å². The summed E-state index contributed by atoms with van der Waals surface area (Å²) in [5.41, 5.74) is 2.39. The first-order valence-electron chi connectivity index (χ1n) is 10.6. The molecule has 2 aliphatic heterocycles. The molecule has 7 heteroatoms. The second-order valence-electron chi connectivity index (χ2n) is 7.90. The lowest BCUT2D eigenvalue weighted by Gasteiger charge is -2.34. The van der Waals surface area contributed by atoms with E-state index >= 15 is 0 Å². The molecule has 0 spiro atoms. The summed E-state index contributed by atoms with van der Waals surface area (Å²) in [5, 5.41) is 6.21. The Morgan fingerprint density at radius 1 is 1.17 bits per heavy atom. The highest BCUT2D eigenvalue weighted by atomic mass is 16.2. The van der Waals surface area contributed by atoms with Gasteiger partial charge in [0.25, 0.3) is 0 Å². The molecule has 1 aromatic carbocycles. The van der Waals surface area contributed by atoms with Gasteiger partial charge >= 0.3 is 0 Å². The minimum Gasteiger partial charge on any atom is -0.359 e. The Morgan fingerprint density at radius 2 is 1.90 bits per heavy atom. The van der Waals surface area contributed by atoms with E-state index in [1.54, 1.807) is 7.05 Å². The Morgan fingerprint density at radius 3 is 2.52 bits per heavy atom. The molecule has 2 heterocycles. The van der Waals surface area contributed by atoms with Gasteiger partial charge < -0.3 is 20.4 Å². The van der Waals surface area contributed by atoms with Gasteiger partial charge in [0.15, 0.2) is 5.96 Å². The molecule has 0 unspecified atom stereocenters. The average molecular weight is 400 g/mol. The van der Waals surface area contributed by atoms with Crippen LogP contribution in [-0.2, 0) is 22.7 Å². The van der Waals surface area contributed by atoms with Crippen molar-refractivity contribution in [1.29, 1.82) is 0 Å². The first-order valence-corrected chi connectivity index (χ1v) is 10.6. The van der Waals surface area contributed by atoms with Crippen molar-refractivity contribution in [3.8, 4) is 0 Å². The molecule has 29 heavy (non-hydrogen) atoms. The van der Waals surface area contributed by atoms with Gasteiger partial charge in [0.2, 0.25) is 11.8 Å². The van der Waals surface area contributed by atoms with E-state index < -0.39 is 0 Å². The summed E-state index contributed by atoms with van der Waals surface area (Å²) in [7, 11) is 3.51. The molecule has 1 aromatic rings. The van der Waals surface area contributed by atoms with Gasteiger partial charge in [-0.05, 0) is 36.3 Å². The summed E-state index contributed by atoms with van der Waals surface area (Å²) < 4.78 is 0. The molecule has 0 radical (unpaired) electrons. The summed E-state index contributed by atoms with van der Waals surface area (Å²) in [4.78, 5) is 32.3. The van der Waals surface area contributed by atoms with Crippen LogP contribution < -0.4 is 10.6 Å². The number of amides is 2. The zero-order valence-corrected chi connectivity index (χ0v) is 17.6. The highest BCUT2D eigenvalue weighted by Gasteiger charge is 2.24. The quantitative estimate of drug-likeness (QED) is 0.564. The summed E-state index contributed by atoms with van der Waals surface area (Å²) in [6.45, 7) is 4.03. The van der Waals surface area contributed by atoms with Gasteiger partial charge in [0, 0.05) is 59.7 Å². The second-order valence-corrected chi connectivity index (χ2v) is 7.90. The SMILES string of the molecule is CN=C(NCc1ccccc1CN1CCCC1=O)N1CCC(CC(=O)NC)CC1. The molecule has 2 N–H and O–H groups in total. The number of nitrogens with zero attached hydrogens (tertiary/aromatic N) is 3. The highest BCUT2D eigenvalue weighted by molar-refractivity contribution is 5.80. The standard InChI is InChI=1S/C22H33N5O2/c1-23-20(28)14-17-9-12-26(13-10-17)22(24-2)25-15-18-6-3-4-7-19(18)16-27-11-5-8-21(27)29/h3-4,6-7,17H,5,8-16H2,1-2H3,(H,23,28)(H,24,25). The number of carbonyl (C=O) groups is 2.